The summed E-state index contributed by atoms with van der Waals surface area (Å²) in [4.78, 5) is 0. The molecule has 10 heavy (non-hydrogen) atoms. The first kappa shape index (κ1) is 6.46. The maximum Gasteiger partial charge on any atom is 0.394 e. The third-order valence-corrected chi connectivity index (χ3v) is 1.85. The van der Waals surface area contributed by atoms with E-state index in [-0.39, 0.29) is 19.4 Å². The van der Waals surface area contributed by atoms with Gasteiger partial charge in [0.1, 0.15) is 0 Å². The summed E-state index contributed by atoms with van der Waals surface area (Å²) in [6.45, 7) is 0.00882. The molecule has 0 aromatic heterocycles. The van der Waals surface area contributed by atoms with E-state index in [1.165, 1.54) is 0 Å². The third kappa shape index (κ3) is 1.12. The van der Waals surface area contributed by atoms with Crippen molar-refractivity contribution in [1.82, 2.24) is 0 Å². The molecule has 0 amide bonds. The number of rotatable bonds is 2. The van der Waals surface area contributed by atoms with Crippen LogP contribution in [0, 0.1) is 5.41 Å². The van der Waals surface area contributed by atoms with Gasteiger partial charge in [-0.05, 0) is 25.8 Å². The fourth-order valence-electron chi connectivity index (χ4n) is 0.958. The lowest BCUT2D eigenvalue weighted by atomic mass is 10.0. The normalized spacial score (nSPS) is 41.2. The number of halogens is 3. The molecule has 1 saturated carbocycles. The van der Waals surface area contributed by atoms with Crippen LogP contribution in [0.1, 0.15) is 20.6 Å². The molecule has 0 radical (unpaired) electrons. The van der Waals surface area contributed by atoms with Crippen LogP contribution in [0.2, 0.25) is 0 Å². The number of hydrogen-bond donors (Lipinski definition) is 1. The van der Waals surface area contributed by atoms with Gasteiger partial charge in [0.25, 0.3) is 0 Å². The standard InChI is InChI=1S/C6H10F3N/c7-6(8,9)5(1-2-5)3-4-10/h1-4,10H2/i1D. The van der Waals surface area contributed by atoms with Crippen LogP contribution in [-0.4, -0.2) is 12.7 Å². The highest BCUT2D eigenvalue weighted by atomic mass is 19.4. The van der Waals surface area contributed by atoms with Gasteiger partial charge in [0.05, 0.1) is 5.41 Å². The summed E-state index contributed by atoms with van der Waals surface area (Å²) in [6.07, 6.45) is -5.40. The molecule has 0 aliphatic heterocycles. The lowest BCUT2D eigenvalue weighted by Crippen LogP contribution is -2.26. The molecule has 0 heterocycles. The molecule has 0 aromatic carbocycles. The zero-order valence-electron chi connectivity index (χ0n) is 6.41. The van der Waals surface area contributed by atoms with E-state index in [9.17, 15) is 13.2 Å². The van der Waals surface area contributed by atoms with Crippen molar-refractivity contribution in [3.63, 3.8) is 0 Å². The van der Waals surface area contributed by atoms with E-state index in [1.807, 2.05) is 0 Å². The fraction of sp³-hybridized carbons (Fsp3) is 1.00. The van der Waals surface area contributed by atoms with Crippen LogP contribution in [0.3, 0.4) is 0 Å². The first-order valence-electron chi connectivity index (χ1n) is 3.71. The smallest absolute Gasteiger partial charge is 0.330 e. The van der Waals surface area contributed by atoms with E-state index in [2.05, 4.69) is 0 Å². The quantitative estimate of drug-likeness (QED) is 0.643. The molecular formula is C6H10F3N. The first-order chi connectivity index (χ1) is 4.94. The number of nitrogens with two attached hydrogens (primary N) is 1. The van der Waals surface area contributed by atoms with E-state index >= 15 is 0 Å². The van der Waals surface area contributed by atoms with Crippen molar-refractivity contribution in [3.8, 4) is 0 Å². The maximum atomic E-state index is 12.2. The zero-order valence-corrected chi connectivity index (χ0v) is 5.41. The lowest BCUT2D eigenvalue weighted by molar-refractivity contribution is -0.188. The molecule has 1 aliphatic carbocycles. The van der Waals surface area contributed by atoms with E-state index in [0.29, 0.717) is 0 Å². The van der Waals surface area contributed by atoms with Crippen LogP contribution in [-0.2, 0) is 0 Å². The van der Waals surface area contributed by atoms with Crippen LogP contribution in [0.15, 0.2) is 0 Å². The average molecular weight is 154 g/mol. The molecule has 1 nitrogen and oxygen atoms in total. The van der Waals surface area contributed by atoms with Gasteiger partial charge in [-0.25, -0.2) is 0 Å². The minimum atomic E-state index is -4.24. The van der Waals surface area contributed by atoms with Crippen molar-refractivity contribution >= 4 is 0 Å². The van der Waals surface area contributed by atoms with E-state index in [1.54, 1.807) is 0 Å². The van der Waals surface area contributed by atoms with Gasteiger partial charge in [-0.3, -0.25) is 0 Å². The van der Waals surface area contributed by atoms with Gasteiger partial charge in [-0.15, -0.1) is 0 Å². The Morgan fingerprint density at radius 1 is 1.60 bits per heavy atom. The van der Waals surface area contributed by atoms with Crippen molar-refractivity contribution < 1.29 is 14.5 Å². The van der Waals surface area contributed by atoms with Gasteiger partial charge in [0.2, 0.25) is 0 Å². The second kappa shape index (κ2) is 2.12. The fourth-order valence-corrected chi connectivity index (χ4v) is 0.958. The molecule has 1 aliphatic rings. The van der Waals surface area contributed by atoms with Crippen LogP contribution in [0.25, 0.3) is 0 Å². The molecule has 0 bridgehead atoms. The molecular weight excluding hydrogens is 143 g/mol. The predicted molar refractivity (Wildman–Crippen MR) is 31.4 cm³/mol. The van der Waals surface area contributed by atoms with Crippen molar-refractivity contribution in [2.45, 2.75) is 25.4 Å². The highest BCUT2D eigenvalue weighted by molar-refractivity contribution is 4.98. The van der Waals surface area contributed by atoms with Crippen LogP contribution in [0.4, 0.5) is 13.2 Å². The topological polar surface area (TPSA) is 26.0 Å². The average Bonchev–Trinajstić information content (AvgIpc) is 2.42. The highest BCUT2D eigenvalue weighted by Gasteiger charge is 2.62. The molecule has 2 atom stereocenters. The molecule has 1 fully saturated rings. The van der Waals surface area contributed by atoms with Gasteiger partial charge >= 0.3 is 6.18 Å². The van der Waals surface area contributed by atoms with E-state index in [0.717, 1.165) is 0 Å². The van der Waals surface area contributed by atoms with Crippen molar-refractivity contribution in [3.05, 3.63) is 0 Å². The molecule has 2 N–H and O–H groups in total. The Bertz CT molecular complexity index is 158. The zero-order chi connectivity index (χ0) is 8.70. The molecule has 4 heteroatoms. The Morgan fingerprint density at radius 2 is 2.10 bits per heavy atom. The summed E-state index contributed by atoms with van der Waals surface area (Å²) in [5.41, 5.74) is 3.27. The van der Waals surface area contributed by atoms with Crippen LogP contribution in [0.5, 0.6) is 0 Å². The summed E-state index contributed by atoms with van der Waals surface area (Å²) in [5, 5.41) is 0. The minimum absolute atomic E-state index is 0.00882. The molecule has 0 spiro atoms. The summed E-state index contributed by atoms with van der Waals surface area (Å²) < 4.78 is 43.5. The van der Waals surface area contributed by atoms with Crippen molar-refractivity contribution in [2.75, 3.05) is 6.54 Å². The monoisotopic (exact) mass is 154 g/mol. The maximum absolute atomic E-state index is 12.2. The van der Waals surface area contributed by atoms with Gasteiger partial charge in [-0.2, -0.15) is 13.2 Å². The SMILES string of the molecule is [2H]C1CC1(CCN)C(F)(F)F. The summed E-state index contributed by atoms with van der Waals surface area (Å²) in [5.74, 6) is 0. The lowest BCUT2D eigenvalue weighted by Gasteiger charge is -2.17. The van der Waals surface area contributed by atoms with Gasteiger partial charge in [0, 0.05) is 1.37 Å². The van der Waals surface area contributed by atoms with E-state index < -0.39 is 18.0 Å². The summed E-state index contributed by atoms with van der Waals surface area (Å²) >= 11 is 0. The number of alkyl halides is 3. The number of hydrogen-bond acceptors (Lipinski definition) is 1. The van der Waals surface area contributed by atoms with Gasteiger partial charge in [-0.1, -0.05) is 0 Å². The Morgan fingerprint density at radius 3 is 2.20 bits per heavy atom. The first-order valence-corrected chi connectivity index (χ1v) is 3.13. The minimum Gasteiger partial charge on any atom is -0.330 e. The summed E-state index contributed by atoms with van der Waals surface area (Å²) in [6, 6.07) is 0. The molecule has 2 unspecified atom stereocenters. The highest BCUT2D eigenvalue weighted by Crippen LogP contribution is 2.59. The molecule has 0 saturated heterocycles. The van der Waals surface area contributed by atoms with Crippen molar-refractivity contribution in [1.29, 1.82) is 0 Å². The Kier molecular flexibility index (Phi) is 1.37. The largest absolute Gasteiger partial charge is 0.394 e. The van der Waals surface area contributed by atoms with Crippen LogP contribution < -0.4 is 5.73 Å². The molecule has 0 aromatic rings. The second-order valence-electron chi connectivity index (χ2n) is 2.60. The van der Waals surface area contributed by atoms with E-state index in [4.69, 9.17) is 7.10 Å². The Balaban J connectivity index is 2.64. The van der Waals surface area contributed by atoms with Gasteiger partial charge in [0.15, 0.2) is 0 Å². The predicted octanol–water partition coefficient (Wildman–Crippen LogP) is 1.68. The Labute approximate surface area is 58.8 Å². The summed E-state index contributed by atoms with van der Waals surface area (Å²) in [7, 11) is 0. The Hall–Kier alpha value is -0.250. The second-order valence-corrected chi connectivity index (χ2v) is 2.60. The molecule has 1 rings (SSSR count). The molecule has 60 valence electrons. The third-order valence-electron chi connectivity index (χ3n) is 1.85. The van der Waals surface area contributed by atoms with Gasteiger partial charge < -0.3 is 5.73 Å². The van der Waals surface area contributed by atoms with Crippen molar-refractivity contribution in [2.24, 2.45) is 11.1 Å². The van der Waals surface area contributed by atoms with Crippen LogP contribution >= 0.6 is 0 Å².